The fourth-order valence-corrected chi connectivity index (χ4v) is 11.9. The summed E-state index contributed by atoms with van der Waals surface area (Å²) >= 11 is 0. The van der Waals surface area contributed by atoms with Crippen LogP contribution >= 0.6 is 0 Å². The van der Waals surface area contributed by atoms with Gasteiger partial charge in [0.25, 0.3) is 0 Å². The molecule has 106 heavy (non-hydrogen) atoms. The zero-order valence-corrected chi connectivity index (χ0v) is 57.7. The number of aryl methyl sites for hydroxylation is 5. The van der Waals surface area contributed by atoms with Gasteiger partial charge in [0, 0.05) is 5.56 Å². The smallest absolute Gasteiger partial charge is 0.194 e. The van der Waals surface area contributed by atoms with Crippen LogP contribution in [0.3, 0.4) is 0 Å². The number of unbranched alkanes of at least 4 members (excludes halogenated alkanes) is 3. The van der Waals surface area contributed by atoms with Gasteiger partial charge in [0.05, 0.1) is 16.7 Å². The average molecular weight is 1470 g/mol. The lowest BCUT2D eigenvalue weighted by Crippen LogP contribution is -1.97. The first kappa shape index (κ1) is 79.4. The van der Waals surface area contributed by atoms with Gasteiger partial charge in [0.2, 0.25) is 0 Å². The SMILES string of the molecule is CCCCCc1ccc(-c2cc(C)c(-c3cc(F)c(F)c(F)c3)c(F)c2)cc1.CCCCc1ccc(-c2cc(F)c(-c3cc(F)c(F)c(F)c3)c(F)c2)cc1.CCCc1ccc(-c2cc(F)c(-c3cc(F)c(F)c(F)c3)c(F)c2)cc1.CCc1ccc(-c2cc(F)c(-c3cc(F)c(F)c(F)c3)c(F)c2)cc1. The second-order valence-electron chi connectivity index (χ2n) is 25.1. The van der Waals surface area contributed by atoms with Gasteiger partial charge < -0.3 is 0 Å². The van der Waals surface area contributed by atoms with Crippen molar-refractivity contribution in [2.24, 2.45) is 0 Å². The Hall–Kier alpha value is -10.7. The first-order valence-corrected chi connectivity index (χ1v) is 33.9. The van der Waals surface area contributed by atoms with Crippen molar-refractivity contribution in [3.8, 4) is 89.0 Å². The molecule has 0 aliphatic heterocycles. The highest BCUT2D eigenvalue weighted by Gasteiger charge is 2.24. The summed E-state index contributed by atoms with van der Waals surface area (Å²) in [5.41, 5.74) is 6.42. The Morgan fingerprint density at radius 3 is 0.651 bits per heavy atom. The van der Waals surface area contributed by atoms with Crippen molar-refractivity contribution in [1.29, 1.82) is 0 Å². The Morgan fingerprint density at radius 1 is 0.189 bits per heavy atom. The highest BCUT2D eigenvalue weighted by Crippen LogP contribution is 2.39. The Morgan fingerprint density at radius 2 is 0.406 bits per heavy atom. The molecule has 0 amide bonds. The van der Waals surface area contributed by atoms with E-state index in [1.165, 1.54) is 24.5 Å². The molecule has 0 aliphatic carbocycles. The van der Waals surface area contributed by atoms with Gasteiger partial charge in [-0.05, 0) is 231 Å². The van der Waals surface area contributed by atoms with E-state index in [0.717, 1.165) is 122 Å². The Bertz CT molecular complexity index is 4900. The van der Waals surface area contributed by atoms with E-state index in [1.54, 1.807) is 49.4 Å². The summed E-state index contributed by atoms with van der Waals surface area (Å²) in [6.45, 7) is 9.97. The third-order valence-corrected chi connectivity index (χ3v) is 17.5. The van der Waals surface area contributed by atoms with Gasteiger partial charge in [0.15, 0.2) is 69.8 Å². The molecule has 0 saturated heterocycles. The van der Waals surface area contributed by atoms with Crippen LogP contribution in [0.1, 0.15) is 94.0 Å². The molecule has 19 heteroatoms. The third kappa shape index (κ3) is 19.2. The second kappa shape index (κ2) is 35.9. The first-order valence-electron chi connectivity index (χ1n) is 33.9. The molecule has 0 aliphatic rings. The zero-order valence-electron chi connectivity index (χ0n) is 57.7. The fourth-order valence-electron chi connectivity index (χ4n) is 11.9. The largest absolute Gasteiger partial charge is 0.206 e. The zero-order chi connectivity index (χ0) is 76.8. The van der Waals surface area contributed by atoms with Crippen LogP contribution < -0.4 is 0 Å². The van der Waals surface area contributed by atoms with Crippen molar-refractivity contribution in [2.45, 2.75) is 98.8 Å². The van der Waals surface area contributed by atoms with Gasteiger partial charge in [0.1, 0.15) is 40.7 Å². The molecule has 0 N–H and O–H groups in total. The predicted molar refractivity (Wildman–Crippen MR) is 378 cm³/mol. The molecule has 12 aromatic carbocycles. The van der Waals surface area contributed by atoms with Crippen LogP contribution in [0.2, 0.25) is 0 Å². The molecule has 0 unspecified atom stereocenters. The number of hydrogen-bond acceptors (Lipinski definition) is 0. The Kier molecular flexibility index (Phi) is 26.9. The molecule has 12 aromatic rings. The van der Waals surface area contributed by atoms with E-state index in [0.29, 0.717) is 80.9 Å². The quantitative estimate of drug-likeness (QED) is 0.0456. The molecule has 548 valence electrons. The van der Waals surface area contributed by atoms with Crippen LogP contribution in [0.15, 0.2) is 194 Å². The van der Waals surface area contributed by atoms with Gasteiger partial charge in [-0.3, -0.25) is 0 Å². The molecule has 0 fully saturated rings. The van der Waals surface area contributed by atoms with Crippen LogP contribution in [0.5, 0.6) is 0 Å². The van der Waals surface area contributed by atoms with E-state index < -0.39 is 144 Å². The van der Waals surface area contributed by atoms with E-state index >= 15 is 0 Å². The van der Waals surface area contributed by atoms with Crippen LogP contribution in [-0.2, 0) is 25.7 Å². The minimum Gasteiger partial charge on any atom is -0.206 e. The molecule has 0 aromatic heterocycles. The highest BCUT2D eigenvalue weighted by molar-refractivity contribution is 5.77. The Balaban J connectivity index is 0.000000164. The van der Waals surface area contributed by atoms with Crippen LogP contribution in [0.4, 0.5) is 83.4 Å². The molecule has 0 nitrogen and oxygen atoms in total. The summed E-state index contributed by atoms with van der Waals surface area (Å²) in [4.78, 5) is 0. The minimum atomic E-state index is -1.68. The van der Waals surface area contributed by atoms with E-state index in [2.05, 4.69) is 20.8 Å². The molecule has 0 spiro atoms. The van der Waals surface area contributed by atoms with Crippen molar-refractivity contribution in [1.82, 2.24) is 0 Å². The number of hydrogen-bond donors (Lipinski definition) is 0. The van der Waals surface area contributed by atoms with Crippen molar-refractivity contribution >= 4 is 0 Å². The lowest BCUT2D eigenvalue weighted by molar-refractivity contribution is 0.447. The minimum absolute atomic E-state index is 0.0239. The summed E-state index contributed by atoms with van der Waals surface area (Å²) in [5.74, 6) is -24.8. The van der Waals surface area contributed by atoms with Gasteiger partial charge in [-0.2, -0.15) is 0 Å². The summed E-state index contributed by atoms with van der Waals surface area (Å²) < 4.78 is 261. The summed E-state index contributed by atoms with van der Waals surface area (Å²) in [6.07, 6.45) is 10.3. The van der Waals surface area contributed by atoms with E-state index in [4.69, 9.17) is 0 Å². The standard InChI is InChI=1S/C24H22F4.C22H17F5.C21H15F5.C20H13F5/c1-3-4-5-6-16-7-9-17(10-8-16)18-11-15(2)23(20(25)12-18)19-13-21(26)24(28)22(27)14-19;1-2-3-4-13-5-7-14(8-6-13)15-9-17(23)21(18(24)10-15)16-11-19(25)22(27)20(26)12-16;1-2-3-12-4-6-13(7-5-12)14-8-16(22)20(17(23)9-14)15-10-18(24)21(26)19(25)11-15;1-2-11-3-5-12(6-4-11)13-7-15(21)19(16(22)8-13)14-9-17(23)20(25)18(24)10-14/h7-14H,3-6H2,1-2H3;5-12H,2-4H2,1H3;4-11H,2-3H2,1H3;3-10H,2H2,1H3. The number of halogens is 19. The molecule has 0 saturated carbocycles. The topological polar surface area (TPSA) is 0 Å². The lowest BCUT2D eigenvalue weighted by atomic mass is 9.94. The number of benzene rings is 12. The van der Waals surface area contributed by atoms with Crippen LogP contribution in [-0.4, -0.2) is 0 Å². The van der Waals surface area contributed by atoms with Gasteiger partial charge in [-0.15, -0.1) is 0 Å². The average Bonchev–Trinajstić information content (AvgIpc) is 0.748. The molecule has 0 bridgehead atoms. The van der Waals surface area contributed by atoms with Crippen molar-refractivity contribution in [3.05, 3.63) is 332 Å². The molecule has 0 radical (unpaired) electrons. The summed E-state index contributed by atoms with van der Waals surface area (Å²) in [6, 6.07) is 44.5. The maximum Gasteiger partial charge on any atom is 0.194 e. The van der Waals surface area contributed by atoms with Gasteiger partial charge in [-0.1, -0.05) is 157 Å². The van der Waals surface area contributed by atoms with E-state index in [-0.39, 0.29) is 11.1 Å². The maximum absolute atomic E-state index is 14.8. The molecule has 12 rings (SSSR count). The van der Waals surface area contributed by atoms with E-state index in [9.17, 15) is 83.4 Å². The maximum atomic E-state index is 14.8. The molecular formula is C87H67F19. The van der Waals surface area contributed by atoms with Crippen LogP contribution in [0.25, 0.3) is 89.0 Å². The highest BCUT2D eigenvalue weighted by atomic mass is 19.2. The monoisotopic (exact) mass is 1470 g/mol. The van der Waals surface area contributed by atoms with Gasteiger partial charge >= 0.3 is 0 Å². The van der Waals surface area contributed by atoms with Crippen LogP contribution in [0, 0.1) is 117 Å². The van der Waals surface area contributed by atoms with Gasteiger partial charge in [-0.25, -0.2) is 83.4 Å². The second-order valence-corrected chi connectivity index (χ2v) is 25.1. The van der Waals surface area contributed by atoms with Crippen molar-refractivity contribution < 1.29 is 83.4 Å². The fraction of sp³-hybridized carbons (Fsp3) is 0.172. The van der Waals surface area contributed by atoms with Crippen molar-refractivity contribution in [3.63, 3.8) is 0 Å². The summed E-state index contributed by atoms with van der Waals surface area (Å²) in [7, 11) is 0. The lowest BCUT2D eigenvalue weighted by Gasteiger charge is -2.12. The number of rotatable bonds is 18. The molecular weight excluding hydrogens is 1410 g/mol. The first-order chi connectivity index (χ1) is 50.6. The summed E-state index contributed by atoms with van der Waals surface area (Å²) in [5, 5.41) is 0. The molecule has 0 heterocycles. The van der Waals surface area contributed by atoms with E-state index in [1.807, 2.05) is 67.6 Å². The normalized spacial score (nSPS) is 11.0. The predicted octanol–water partition coefficient (Wildman–Crippen LogP) is 27.6. The molecule has 0 atom stereocenters. The Labute approximate surface area is 601 Å². The van der Waals surface area contributed by atoms with Crippen molar-refractivity contribution in [2.75, 3.05) is 0 Å². The third-order valence-electron chi connectivity index (χ3n) is 17.5.